The van der Waals surface area contributed by atoms with Crippen molar-refractivity contribution in [2.45, 2.75) is 202 Å². The van der Waals surface area contributed by atoms with Crippen molar-refractivity contribution in [1.29, 1.82) is 0 Å². The van der Waals surface area contributed by atoms with Crippen molar-refractivity contribution in [3.8, 4) is 0 Å². The van der Waals surface area contributed by atoms with E-state index in [2.05, 4.69) is 59.8 Å². The average Bonchev–Trinajstić information content (AvgIpc) is 3.40. The molecule has 0 spiro atoms. The first-order chi connectivity index (χ1) is 22.6. The lowest BCUT2D eigenvalue weighted by Crippen LogP contribution is -2.55. The minimum atomic E-state index is -0.342. The Kier molecular flexibility index (Phi) is 15.7. The van der Waals surface area contributed by atoms with E-state index in [1.165, 1.54) is 134 Å². The number of carbonyl (C=O) groups excluding carboxylic acids is 1. The lowest BCUT2D eigenvalue weighted by Gasteiger charge is -2.60. The van der Waals surface area contributed by atoms with Gasteiger partial charge in [0.05, 0.1) is 6.10 Å². The zero-order valence-electron chi connectivity index (χ0n) is 32.2. The summed E-state index contributed by atoms with van der Waals surface area (Å²) in [6, 6.07) is 0. The number of aliphatic hydroxyl groups excluding tert-OH is 1. The molecule has 0 heterocycles. The molecule has 4 aliphatic rings. The minimum Gasteiger partial charge on any atom is -0.393 e. The van der Waals surface area contributed by atoms with E-state index in [4.69, 9.17) is 0 Å². The number of hydrogen-bond donors (Lipinski definition) is 1. The molecule has 0 radical (unpaired) electrons. The highest BCUT2D eigenvalue weighted by atomic mass is 16.3. The van der Waals surface area contributed by atoms with Crippen LogP contribution in [0.15, 0.2) is 23.8 Å². The van der Waals surface area contributed by atoms with Crippen molar-refractivity contribution in [2.75, 3.05) is 0 Å². The number of fused-ring (bicyclic) bond motifs is 5. The molecule has 0 aliphatic heterocycles. The number of aliphatic hydroxyl groups is 1. The van der Waals surface area contributed by atoms with Gasteiger partial charge in [-0.15, -0.1) is 0 Å². The van der Waals surface area contributed by atoms with Crippen molar-refractivity contribution in [1.82, 2.24) is 0 Å². The van der Waals surface area contributed by atoms with Gasteiger partial charge < -0.3 is 5.11 Å². The molecule has 0 saturated heterocycles. The summed E-state index contributed by atoms with van der Waals surface area (Å²) in [5, 5.41) is 11.0. The van der Waals surface area contributed by atoms with Gasteiger partial charge in [-0.1, -0.05) is 136 Å². The topological polar surface area (TPSA) is 37.3 Å². The molecular weight excluding hydrogens is 572 g/mol. The quantitative estimate of drug-likeness (QED) is 0.0991. The summed E-state index contributed by atoms with van der Waals surface area (Å²) in [4.78, 5) is 14.0. The fourth-order valence-corrected chi connectivity index (χ4v) is 11.8. The Morgan fingerprint density at radius 3 is 2.19 bits per heavy atom. The molecule has 3 saturated carbocycles. The third-order valence-corrected chi connectivity index (χ3v) is 14.5. The van der Waals surface area contributed by atoms with E-state index in [1.807, 2.05) is 0 Å². The Morgan fingerprint density at radius 1 is 0.851 bits per heavy atom. The predicted molar refractivity (Wildman–Crippen MR) is 202 cm³/mol. The first kappa shape index (κ1) is 38.9. The van der Waals surface area contributed by atoms with Crippen LogP contribution in [0.3, 0.4) is 0 Å². The van der Waals surface area contributed by atoms with Crippen molar-refractivity contribution in [2.24, 2.45) is 52.3 Å². The van der Waals surface area contributed by atoms with Gasteiger partial charge >= 0.3 is 0 Å². The van der Waals surface area contributed by atoms with E-state index in [1.54, 1.807) is 0 Å². The molecule has 3 fully saturated rings. The highest BCUT2D eigenvalue weighted by molar-refractivity contribution is 5.82. The van der Waals surface area contributed by atoms with Crippen LogP contribution >= 0.6 is 0 Å². The van der Waals surface area contributed by atoms with Crippen molar-refractivity contribution in [3.05, 3.63) is 23.8 Å². The molecule has 0 amide bonds. The predicted octanol–water partition coefficient (Wildman–Crippen LogP) is 13.2. The van der Waals surface area contributed by atoms with Gasteiger partial charge in [0, 0.05) is 17.8 Å². The number of hydrogen-bond acceptors (Lipinski definition) is 2. The molecule has 2 heteroatoms. The first-order valence-corrected chi connectivity index (χ1v) is 21.2. The number of unbranched alkanes of at least 4 members (excludes halogenated alkanes) is 11. The largest absolute Gasteiger partial charge is 0.393 e. The van der Waals surface area contributed by atoms with Gasteiger partial charge in [0.25, 0.3) is 0 Å². The van der Waals surface area contributed by atoms with E-state index in [0.29, 0.717) is 30.0 Å². The molecule has 1 N–H and O–H groups in total. The van der Waals surface area contributed by atoms with Gasteiger partial charge in [-0.05, 0) is 118 Å². The lowest BCUT2D eigenvalue weighted by atomic mass is 9.44. The van der Waals surface area contributed by atoms with Crippen LogP contribution in [0.2, 0.25) is 0 Å². The SMILES string of the molecule is CCCCCCCCC=CCCCCCCCC(=O)C1CC(O)CC2=CC[C@H]3[C@@H]4CC[C@H]([C@H](C)CCCC(C)C)[C@@]4(C)CC[C@@H]3[C@]21C. The number of ketones is 1. The molecule has 4 aliphatic carbocycles. The zero-order chi connectivity index (χ0) is 33.9. The molecule has 0 bridgehead atoms. The van der Waals surface area contributed by atoms with Crippen molar-refractivity contribution < 1.29 is 9.90 Å². The van der Waals surface area contributed by atoms with Gasteiger partial charge in [0.15, 0.2) is 0 Å². The third-order valence-electron chi connectivity index (χ3n) is 14.5. The van der Waals surface area contributed by atoms with Gasteiger partial charge in [-0.3, -0.25) is 4.79 Å². The van der Waals surface area contributed by atoms with Crippen LogP contribution < -0.4 is 0 Å². The maximum atomic E-state index is 14.0. The Bertz CT molecular complexity index is 992. The summed E-state index contributed by atoms with van der Waals surface area (Å²) in [6.45, 7) is 14.7. The van der Waals surface area contributed by atoms with E-state index < -0.39 is 0 Å². The first-order valence-electron chi connectivity index (χ1n) is 21.2. The molecule has 0 aromatic rings. The molecule has 2 unspecified atom stereocenters. The fraction of sp³-hybridized carbons (Fsp3) is 0.889. The Morgan fingerprint density at radius 2 is 1.51 bits per heavy atom. The maximum Gasteiger partial charge on any atom is 0.136 e. The number of carbonyl (C=O) groups is 1. The molecule has 2 nitrogen and oxygen atoms in total. The molecule has 0 aromatic heterocycles. The van der Waals surface area contributed by atoms with Crippen LogP contribution in [0.25, 0.3) is 0 Å². The van der Waals surface area contributed by atoms with E-state index in [0.717, 1.165) is 42.4 Å². The zero-order valence-corrected chi connectivity index (χ0v) is 32.2. The van der Waals surface area contributed by atoms with E-state index in [-0.39, 0.29) is 17.4 Å². The molecule has 4 rings (SSSR count). The Hall–Kier alpha value is -0.890. The molecular formula is C45H78O2. The van der Waals surface area contributed by atoms with Crippen LogP contribution in [-0.2, 0) is 4.79 Å². The summed E-state index contributed by atoms with van der Waals surface area (Å²) in [5.41, 5.74) is 1.88. The van der Waals surface area contributed by atoms with Crippen LogP contribution in [0.5, 0.6) is 0 Å². The standard InChI is InChI=1S/C45H78O2/c1-7-8-9-10-11-12-13-14-15-16-17-18-19-20-21-25-43(47)42-33-37(46)32-36-26-27-38-40-29-28-39(35(4)24-22-23-34(2)3)44(40,5)31-30-41(38)45(36,42)6/h14-15,26,34-35,37-42,46H,7-13,16-25,27-33H2,1-6H3/t35-,37?,38+,39-,40+,41+,42?,44-,45+/m1/s1. The second-order valence-electron chi connectivity index (χ2n) is 18.1. The Balaban J connectivity index is 1.24. The molecule has 270 valence electrons. The van der Waals surface area contributed by atoms with Gasteiger partial charge in [-0.25, -0.2) is 0 Å². The van der Waals surface area contributed by atoms with Gasteiger partial charge in [0.2, 0.25) is 0 Å². The normalized spacial score (nSPS) is 34.3. The summed E-state index contributed by atoms with van der Waals surface area (Å²) in [6.07, 6.45) is 36.7. The maximum absolute atomic E-state index is 14.0. The number of rotatable bonds is 21. The molecule has 47 heavy (non-hydrogen) atoms. The van der Waals surface area contributed by atoms with Crippen molar-refractivity contribution in [3.63, 3.8) is 0 Å². The monoisotopic (exact) mass is 651 g/mol. The second kappa shape index (κ2) is 18.9. The summed E-state index contributed by atoms with van der Waals surface area (Å²) < 4.78 is 0. The van der Waals surface area contributed by atoms with Gasteiger partial charge in [0.1, 0.15) is 5.78 Å². The third kappa shape index (κ3) is 9.88. The van der Waals surface area contributed by atoms with Crippen LogP contribution in [0.4, 0.5) is 0 Å². The molecule has 0 aromatic carbocycles. The fourth-order valence-electron chi connectivity index (χ4n) is 11.8. The van der Waals surface area contributed by atoms with Gasteiger partial charge in [-0.2, -0.15) is 0 Å². The minimum absolute atomic E-state index is 0.0126. The lowest BCUT2D eigenvalue weighted by molar-refractivity contribution is -0.136. The van der Waals surface area contributed by atoms with Crippen LogP contribution in [0.1, 0.15) is 196 Å². The highest BCUT2D eigenvalue weighted by Gasteiger charge is 2.61. The Labute approximate surface area is 292 Å². The average molecular weight is 651 g/mol. The summed E-state index contributed by atoms with van der Waals surface area (Å²) >= 11 is 0. The van der Waals surface area contributed by atoms with Crippen LogP contribution in [0, 0.1) is 52.3 Å². The molecule has 9 atom stereocenters. The van der Waals surface area contributed by atoms with E-state index in [9.17, 15) is 9.90 Å². The summed E-state index contributed by atoms with van der Waals surface area (Å²) in [5.74, 6) is 5.13. The van der Waals surface area contributed by atoms with E-state index >= 15 is 0 Å². The summed E-state index contributed by atoms with van der Waals surface area (Å²) in [7, 11) is 0. The number of allylic oxidation sites excluding steroid dienone is 3. The van der Waals surface area contributed by atoms with Crippen LogP contribution in [-0.4, -0.2) is 17.0 Å². The second-order valence-corrected chi connectivity index (χ2v) is 18.1. The number of Topliss-reactive ketones (excluding diaryl/α,β-unsaturated/α-hetero) is 1. The van der Waals surface area contributed by atoms with Crippen molar-refractivity contribution >= 4 is 5.78 Å². The highest BCUT2D eigenvalue weighted by Crippen LogP contribution is 2.68. The smallest absolute Gasteiger partial charge is 0.136 e.